The first kappa shape index (κ1) is 80.5. The average molecular weight is 1580 g/mol. The number of aromatic nitrogens is 4. The summed E-state index contributed by atoms with van der Waals surface area (Å²) < 4.78 is 19.2. The van der Waals surface area contributed by atoms with Crippen molar-refractivity contribution in [1.82, 2.24) is 57.8 Å². The van der Waals surface area contributed by atoms with Crippen molar-refractivity contribution in [3.8, 4) is 0 Å². The zero-order valence-electron chi connectivity index (χ0n) is 64.2. The van der Waals surface area contributed by atoms with E-state index in [4.69, 9.17) is 19.0 Å². The molecule has 110 heavy (non-hydrogen) atoms. The summed E-state index contributed by atoms with van der Waals surface area (Å²) in [7, 11) is 8.33. The highest BCUT2D eigenvalue weighted by molar-refractivity contribution is 9.10. The van der Waals surface area contributed by atoms with Crippen LogP contribution in [0, 0.1) is 0 Å². The maximum atomic E-state index is 12.3. The fourth-order valence-corrected chi connectivity index (χ4v) is 18.3. The highest BCUT2D eigenvalue weighted by Gasteiger charge is 2.57. The first-order valence-electron chi connectivity index (χ1n) is 36.5. The summed E-state index contributed by atoms with van der Waals surface area (Å²) in [5.41, 5.74) is 5.85. The van der Waals surface area contributed by atoms with Crippen molar-refractivity contribution in [3.63, 3.8) is 0 Å². The van der Waals surface area contributed by atoms with Gasteiger partial charge in [0.05, 0.1) is 54.9 Å². The minimum absolute atomic E-state index is 0.00405. The van der Waals surface area contributed by atoms with Crippen LogP contribution >= 0.6 is 23.2 Å². The minimum Gasteiger partial charge on any atom is -0.400 e. The van der Waals surface area contributed by atoms with Crippen LogP contribution in [-0.2, 0) is 47.2 Å². The van der Waals surface area contributed by atoms with Crippen molar-refractivity contribution in [3.05, 3.63) is 294 Å². The Labute approximate surface area is 651 Å². The molecule has 3 aromatic carbocycles. The molecular formula is C83H96BBrN12O12P+. The van der Waals surface area contributed by atoms with Crippen LogP contribution in [0.1, 0.15) is 51.3 Å². The van der Waals surface area contributed by atoms with E-state index in [0.29, 0.717) is 45.9 Å². The van der Waals surface area contributed by atoms with Crippen LogP contribution in [-0.4, -0.2) is 204 Å². The molecule has 8 bridgehead atoms. The maximum absolute atomic E-state index is 12.3. The van der Waals surface area contributed by atoms with E-state index in [2.05, 4.69) is 139 Å². The molecule has 574 valence electrons. The molecular weight excluding hydrogens is 1480 g/mol. The molecule has 4 aromatic heterocycles. The summed E-state index contributed by atoms with van der Waals surface area (Å²) in [4.78, 5) is 116. The lowest BCUT2D eigenvalue weighted by molar-refractivity contribution is -0.109. The fraction of sp³-hybridized carbons (Fsp3) is 0.325. The van der Waals surface area contributed by atoms with Gasteiger partial charge in [-0.25, -0.2) is 19.2 Å². The Hall–Kier alpha value is -10.5. The molecule has 16 rings (SSSR count). The van der Waals surface area contributed by atoms with E-state index >= 15 is 0 Å². The molecule has 0 N–H and O–H groups in total. The van der Waals surface area contributed by atoms with Gasteiger partial charge >= 0.3 is 31.2 Å². The zero-order valence-corrected chi connectivity index (χ0v) is 66.7. The van der Waals surface area contributed by atoms with Gasteiger partial charge in [0.2, 0.25) is 0 Å². The maximum Gasteiger partial charge on any atom is 0.492 e. The van der Waals surface area contributed by atoms with Crippen LogP contribution in [0.5, 0.6) is 0 Å². The summed E-state index contributed by atoms with van der Waals surface area (Å²) in [6, 6.07) is 46.3. The molecule has 24 nitrogen and oxygen atoms in total. The second-order valence-electron chi connectivity index (χ2n) is 28.7. The summed E-state index contributed by atoms with van der Waals surface area (Å²) >= 11 is 3.18. The number of hydrogen-bond donors (Lipinski definition) is 0. The predicted molar refractivity (Wildman–Crippen MR) is 437 cm³/mol. The molecule has 0 saturated carbocycles. The fourth-order valence-electron chi connectivity index (χ4n) is 14.2. The number of carbonyl (C=O) groups is 4. The number of allylic oxidation sites excluding steroid dienone is 1. The van der Waals surface area contributed by atoms with Crippen LogP contribution in [0.2, 0.25) is 0 Å². The highest BCUT2D eigenvalue weighted by atomic mass is 79.9. The van der Waals surface area contributed by atoms with Crippen molar-refractivity contribution in [2.45, 2.75) is 70.0 Å². The number of pyridine rings is 4. The molecule has 13 heterocycles. The van der Waals surface area contributed by atoms with Gasteiger partial charge in [0, 0.05) is 142 Å². The number of nitrogens with zero attached hydrogens (tertiary/aromatic N) is 12. The number of hydrogen-bond acceptors (Lipinski definition) is 12. The van der Waals surface area contributed by atoms with Gasteiger partial charge in [0.1, 0.15) is 29.2 Å². The summed E-state index contributed by atoms with van der Waals surface area (Å²) in [6.07, 6.45) is 20.5. The third-order valence-electron chi connectivity index (χ3n) is 21.2. The molecule has 9 aliphatic heterocycles. The van der Waals surface area contributed by atoms with E-state index in [1.54, 1.807) is 112 Å². The van der Waals surface area contributed by atoms with Gasteiger partial charge in [-0.2, -0.15) is 10.1 Å². The smallest absolute Gasteiger partial charge is 0.400 e. The Morgan fingerprint density at radius 2 is 0.782 bits per heavy atom. The largest absolute Gasteiger partial charge is 0.492 e. The van der Waals surface area contributed by atoms with Crippen molar-refractivity contribution >= 4 is 87.1 Å². The third-order valence-corrected chi connectivity index (χ3v) is 25.7. The minimum atomic E-state index is -1.73. The number of carbonyl (C=O) groups excluding carboxylic acids is 4. The number of halogens is 1. The van der Waals surface area contributed by atoms with Gasteiger partial charge in [-0.3, -0.25) is 28.9 Å². The van der Waals surface area contributed by atoms with Crippen LogP contribution in [0.3, 0.4) is 0 Å². The normalized spacial score (nSPS) is 20.2. The van der Waals surface area contributed by atoms with E-state index in [9.17, 15) is 38.4 Å². The lowest BCUT2D eigenvalue weighted by atomic mass is 9.72. The van der Waals surface area contributed by atoms with E-state index in [1.807, 2.05) is 100 Å². The molecule has 0 radical (unpaired) electrons. The van der Waals surface area contributed by atoms with Crippen molar-refractivity contribution in [2.75, 3.05) is 79.7 Å². The molecule has 27 heteroatoms. The molecule has 8 amide bonds. The van der Waals surface area contributed by atoms with Crippen LogP contribution < -0.4 is 38.2 Å². The molecule has 5 saturated heterocycles. The highest BCUT2D eigenvalue weighted by Crippen LogP contribution is 2.57. The topological polar surface area (TPSA) is 219 Å². The van der Waals surface area contributed by atoms with Gasteiger partial charge in [0.25, 0.3) is 22.2 Å². The predicted octanol–water partition coefficient (Wildman–Crippen LogP) is 9.49. The summed E-state index contributed by atoms with van der Waals surface area (Å²) in [5.74, 6) is 2.41. The Morgan fingerprint density at radius 1 is 0.455 bits per heavy atom. The van der Waals surface area contributed by atoms with E-state index in [1.165, 1.54) is 41.2 Å². The lowest BCUT2D eigenvalue weighted by Gasteiger charge is -2.32. The summed E-state index contributed by atoms with van der Waals surface area (Å²) in [6.45, 7) is 23.0. The Bertz CT molecular complexity index is 4780. The van der Waals surface area contributed by atoms with Crippen LogP contribution in [0.4, 0.5) is 19.2 Å². The van der Waals surface area contributed by atoms with Crippen molar-refractivity contribution < 1.29 is 38.2 Å². The second-order valence-corrected chi connectivity index (χ2v) is 32.9. The molecule has 9 aliphatic rings. The quantitative estimate of drug-likeness (QED) is 0.0565. The van der Waals surface area contributed by atoms with Crippen molar-refractivity contribution in [1.29, 1.82) is 0 Å². The van der Waals surface area contributed by atoms with Gasteiger partial charge in [-0.15, -0.1) is 13.2 Å². The standard InChI is InChI=1S/C21H20P.C15H23BN2O4.C15H17N3O3.2C13H15N3O2.C6H6BrNO/c1-2-18-22(19-12-6-3-7-13-19,20-14-8-4-9-15-20)21-16-10-5-11-17-21;1-6-9-20-18-12-10-17(13(18)19)8-7-11(12)16-21-14(2,3)15(4,5)22-16;1-3-8-21-18-13-10-17(15(18)20)7-5-12(13)11-4-6-16(2)14(19)9-11;2*1-14-5-3-9(7-12(14)17)10-4-6-16-8-11(10)15(2)13(16)18;1-8-3-2-5(7)4-6(8)9/h2-18H,1H3;6-7,12H,1,8-10H2,2-5H3;3-6,9,13H,1,7-8,10H2,2H3;2*3-5,7,11H,6,8H2,1-2H3;2-4H,1H3/q+1;;;;;/b18-2+;;;;;. The number of aryl methyl sites for hydroxylation is 4. The first-order valence-corrected chi connectivity index (χ1v) is 39.1. The van der Waals surface area contributed by atoms with Crippen LogP contribution in [0.15, 0.2) is 255 Å². The number of benzene rings is 3. The number of amides is 8. The average Bonchev–Trinajstić information content (AvgIpc) is 1.60. The van der Waals surface area contributed by atoms with Gasteiger partial charge < -0.3 is 57.0 Å². The Balaban J connectivity index is 0.000000133. The number of rotatable bonds is 14. The molecule has 0 spiro atoms. The van der Waals surface area contributed by atoms with E-state index < -0.39 is 25.6 Å². The van der Waals surface area contributed by atoms with Gasteiger partial charge in [-0.1, -0.05) is 113 Å². The van der Waals surface area contributed by atoms with Gasteiger partial charge in [-0.05, 0) is 134 Å². The van der Waals surface area contributed by atoms with Crippen molar-refractivity contribution in [2.24, 2.45) is 28.2 Å². The number of fused-ring (bicyclic) bond motifs is 8. The zero-order chi connectivity index (χ0) is 78.9. The van der Waals surface area contributed by atoms with E-state index in [0.717, 1.165) is 56.4 Å². The lowest BCUT2D eigenvalue weighted by Crippen LogP contribution is -2.41. The molecule has 0 aliphatic carbocycles. The molecule has 4 unspecified atom stereocenters. The molecule has 4 atom stereocenters. The van der Waals surface area contributed by atoms with Gasteiger partial charge in [0.15, 0.2) is 0 Å². The second kappa shape index (κ2) is 34.6. The SMILES string of the molecule is C/C=C/[P+](c1ccccc1)(c1ccccc1)c1ccccc1.C=CCON1C(=O)N2CC=C(B3OC(C)(C)C(C)(C)O3)C1C2.C=CCON1C(=O)N2CC=C(c3ccn(C)c(=O)c3)C1C2.CN1C(=O)N2CC=C(c3ccn(C)c(=O)c3)C1C2.CN1C(=O)N2CC=C(c3ccn(C)c(=O)c3)C1C2.Cn1ccc(Br)cc1=O. The monoisotopic (exact) mass is 1570 g/mol. The first-order chi connectivity index (χ1) is 52.6. The van der Waals surface area contributed by atoms with E-state index in [-0.39, 0.29) is 77.1 Å². The Morgan fingerprint density at radius 3 is 1.14 bits per heavy atom. The van der Waals surface area contributed by atoms with Crippen LogP contribution in [0.25, 0.3) is 16.7 Å². The Kier molecular flexibility index (Phi) is 25.4. The summed E-state index contributed by atoms with van der Waals surface area (Å²) in [5, 5.41) is 6.99. The molecule has 5 fully saturated rings. The number of urea groups is 4. The number of likely N-dealkylation sites (N-methyl/N-ethyl adjacent to an activating group) is 2. The third kappa shape index (κ3) is 17.1. The molecule has 7 aromatic rings. The number of hydroxylamine groups is 4.